The van der Waals surface area contributed by atoms with Crippen LogP contribution in [0.2, 0.25) is 0 Å². The number of rotatable bonds is 6. The van der Waals surface area contributed by atoms with Crippen LogP contribution in [0.4, 0.5) is 10.1 Å². The van der Waals surface area contributed by atoms with Gasteiger partial charge in [0.15, 0.2) is 0 Å². The molecule has 1 atom stereocenters. The van der Waals surface area contributed by atoms with E-state index in [1.165, 1.54) is 6.07 Å². The van der Waals surface area contributed by atoms with Crippen LogP contribution in [-0.4, -0.2) is 33.3 Å². The van der Waals surface area contributed by atoms with Crippen molar-refractivity contribution >= 4 is 15.7 Å². The third-order valence-corrected chi connectivity index (χ3v) is 5.50. The zero-order chi connectivity index (χ0) is 16.2. The molecule has 1 aliphatic rings. The number of anilines is 1. The summed E-state index contributed by atoms with van der Waals surface area (Å²) in [5.74, 6) is -0.0844. The number of nitrogens with one attached hydrogen (secondary N) is 1. The highest BCUT2D eigenvalue weighted by Gasteiger charge is 2.25. The number of unbranched alkanes of at least 4 members (excludes halogenated alkanes) is 1. The Morgan fingerprint density at radius 3 is 2.91 bits per heavy atom. The Morgan fingerprint density at radius 1 is 1.41 bits per heavy atom. The van der Waals surface area contributed by atoms with Gasteiger partial charge in [0.05, 0.1) is 11.4 Å². The van der Waals surface area contributed by atoms with Crippen LogP contribution in [0.25, 0.3) is 0 Å². The molecule has 0 aliphatic carbocycles. The van der Waals surface area contributed by atoms with Crippen molar-refractivity contribution in [2.45, 2.75) is 45.6 Å². The zero-order valence-corrected chi connectivity index (χ0v) is 14.1. The summed E-state index contributed by atoms with van der Waals surface area (Å²) in [6.45, 7) is 5.18. The molecule has 1 N–H and O–H groups in total. The van der Waals surface area contributed by atoms with Crippen molar-refractivity contribution in [1.29, 1.82) is 0 Å². The first kappa shape index (κ1) is 17.2. The van der Waals surface area contributed by atoms with Crippen LogP contribution in [0.5, 0.6) is 0 Å². The molecule has 4 nitrogen and oxygen atoms in total. The van der Waals surface area contributed by atoms with Gasteiger partial charge in [-0.1, -0.05) is 19.4 Å². The van der Waals surface area contributed by atoms with E-state index in [9.17, 15) is 12.8 Å². The van der Waals surface area contributed by atoms with Gasteiger partial charge < -0.3 is 4.90 Å². The Balaban J connectivity index is 2.04. The Kier molecular flexibility index (Phi) is 5.81. The first-order valence-electron chi connectivity index (χ1n) is 7.92. The number of halogens is 1. The van der Waals surface area contributed by atoms with Crippen LogP contribution >= 0.6 is 0 Å². The highest BCUT2D eigenvalue weighted by atomic mass is 32.2. The minimum absolute atomic E-state index is 0.143. The summed E-state index contributed by atoms with van der Waals surface area (Å²) in [7, 11) is -3.24. The second kappa shape index (κ2) is 7.42. The maximum atomic E-state index is 14.0. The van der Waals surface area contributed by atoms with Crippen LogP contribution < -0.4 is 9.62 Å². The average Bonchev–Trinajstić information content (AvgIpc) is 2.47. The van der Waals surface area contributed by atoms with Gasteiger partial charge in [0.2, 0.25) is 10.0 Å². The summed E-state index contributed by atoms with van der Waals surface area (Å²) < 4.78 is 40.8. The van der Waals surface area contributed by atoms with Crippen LogP contribution in [0.3, 0.4) is 0 Å². The molecule has 1 aromatic carbocycles. The number of hydrogen-bond donors (Lipinski definition) is 1. The van der Waals surface area contributed by atoms with Crippen molar-refractivity contribution in [1.82, 2.24) is 4.72 Å². The second-order valence-corrected chi connectivity index (χ2v) is 7.90. The van der Waals surface area contributed by atoms with E-state index in [-0.39, 0.29) is 17.6 Å². The van der Waals surface area contributed by atoms with E-state index in [0.29, 0.717) is 18.7 Å². The molecule has 1 unspecified atom stereocenters. The van der Waals surface area contributed by atoms with Crippen molar-refractivity contribution in [2.24, 2.45) is 0 Å². The molecule has 1 heterocycles. The molecular formula is C16H25FN2O2S. The van der Waals surface area contributed by atoms with Gasteiger partial charge in [0, 0.05) is 19.1 Å². The van der Waals surface area contributed by atoms with Crippen LogP contribution in [0.1, 0.15) is 38.2 Å². The first-order chi connectivity index (χ1) is 10.4. The molecule has 1 aliphatic heterocycles. The Hall–Kier alpha value is -1.14. The topological polar surface area (TPSA) is 49.4 Å². The maximum Gasteiger partial charge on any atom is 0.211 e. The summed E-state index contributed by atoms with van der Waals surface area (Å²) in [5, 5.41) is 0. The predicted molar refractivity (Wildman–Crippen MR) is 88.2 cm³/mol. The molecule has 1 saturated heterocycles. The lowest BCUT2D eigenvalue weighted by molar-refractivity contribution is 0.461. The second-order valence-electron chi connectivity index (χ2n) is 6.03. The van der Waals surface area contributed by atoms with E-state index in [2.05, 4.69) is 4.72 Å². The number of aryl methyl sites for hydroxylation is 1. The molecule has 1 fully saturated rings. The summed E-state index contributed by atoms with van der Waals surface area (Å²) >= 11 is 0. The zero-order valence-electron chi connectivity index (χ0n) is 13.3. The van der Waals surface area contributed by atoms with Crippen molar-refractivity contribution in [3.05, 3.63) is 29.6 Å². The molecule has 0 amide bonds. The fourth-order valence-electron chi connectivity index (χ4n) is 2.80. The minimum atomic E-state index is -3.24. The van der Waals surface area contributed by atoms with Gasteiger partial charge in [-0.15, -0.1) is 0 Å². The minimum Gasteiger partial charge on any atom is -0.368 e. The number of hydrogen-bond acceptors (Lipinski definition) is 3. The van der Waals surface area contributed by atoms with Crippen molar-refractivity contribution in [3.8, 4) is 0 Å². The van der Waals surface area contributed by atoms with Crippen LogP contribution in [0.15, 0.2) is 18.2 Å². The van der Waals surface area contributed by atoms with E-state index in [0.717, 1.165) is 31.4 Å². The van der Waals surface area contributed by atoms with E-state index < -0.39 is 10.0 Å². The van der Waals surface area contributed by atoms with Gasteiger partial charge in [0.1, 0.15) is 5.82 Å². The standard InChI is InChI=1S/C16H25FN2O2S/c1-3-4-10-22(20,21)18-14-6-5-9-19(12-14)16-11-13(2)7-8-15(16)17/h7-8,11,14,18H,3-6,9-10,12H2,1-2H3. The number of sulfonamides is 1. The monoisotopic (exact) mass is 328 g/mol. The lowest BCUT2D eigenvalue weighted by Crippen LogP contribution is -2.48. The molecule has 22 heavy (non-hydrogen) atoms. The summed E-state index contributed by atoms with van der Waals surface area (Å²) in [6.07, 6.45) is 3.17. The average molecular weight is 328 g/mol. The normalized spacial score (nSPS) is 19.4. The molecule has 124 valence electrons. The molecule has 0 spiro atoms. The third kappa shape index (κ3) is 4.68. The predicted octanol–water partition coefficient (Wildman–Crippen LogP) is 2.82. The molecule has 0 radical (unpaired) electrons. The summed E-state index contributed by atoms with van der Waals surface area (Å²) in [6, 6.07) is 4.90. The lowest BCUT2D eigenvalue weighted by Gasteiger charge is -2.35. The molecule has 1 aromatic rings. The highest BCUT2D eigenvalue weighted by Crippen LogP contribution is 2.24. The van der Waals surface area contributed by atoms with Crippen molar-refractivity contribution < 1.29 is 12.8 Å². The molecule has 2 rings (SSSR count). The van der Waals surface area contributed by atoms with E-state index in [1.807, 2.05) is 24.8 Å². The SMILES string of the molecule is CCCCS(=O)(=O)NC1CCCN(c2cc(C)ccc2F)C1. The quantitative estimate of drug-likeness (QED) is 0.873. The molecule has 0 aromatic heterocycles. The van der Waals surface area contributed by atoms with Crippen molar-refractivity contribution in [3.63, 3.8) is 0 Å². The van der Waals surface area contributed by atoms with Gasteiger partial charge in [-0.2, -0.15) is 0 Å². The fourth-order valence-corrected chi connectivity index (χ4v) is 4.29. The molecular weight excluding hydrogens is 303 g/mol. The summed E-state index contributed by atoms with van der Waals surface area (Å²) in [5.41, 5.74) is 1.57. The van der Waals surface area contributed by atoms with Gasteiger partial charge in [-0.05, 0) is 43.9 Å². The van der Waals surface area contributed by atoms with E-state index in [1.54, 1.807) is 6.07 Å². The van der Waals surface area contributed by atoms with E-state index >= 15 is 0 Å². The van der Waals surface area contributed by atoms with Crippen LogP contribution in [-0.2, 0) is 10.0 Å². The molecule has 0 saturated carbocycles. The highest BCUT2D eigenvalue weighted by molar-refractivity contribution is 7.89. The Labute approximate surface area is 132 Å². The van der Waals surface area contributed by atoms with Gasteiger partial charge in [0.25, 0.3) is 0 Å². The fraction of sp³-hybridized carbons (Fsp3) is 0.625. The van der Waals surface area contributed by atoms with Gasteiger partial charge >= 0.3 is 0 Å². The third-order valence-electron chi connectivity index (χ3n) is 3.98. The Bertz CT molecular complexity index is 604. The number of nitrogens with zero attached hydrogens (tertiary/aromatic N) is 1. The van der Waals surface area contributed by atoms with E-state index in [4.69, 9.17) is 0 Å². The smallest absolute Gasteiger partial charge is 0.211 e. The Morgan fingerprint density at radius 2 is 2.18 bits per heavy atom. The molecule has 0 bridgehead atoms. The van der Waals surface area contributed by atoms with Crippen LogP contribution in [0, 0.1) is 12.7 Å². The first-order valence-corrected chi connectivity index (χ1v) is 9.57. The lowest BCUT2D eigenvalue weighted by atomic mass is 10.1. The van der Waals surface area contributed by atoms with Gasteiger partial charge in [-0.25, -0.2) is 17.5 Å². The number of benzene rings is 1. The maximum absolute atomic E-state index is 14.0. The largest absolute Gasteiger partial charge is 0.368 e. The van der Waals surface area contributed by atoms with Crippen molar-refractivity contribution in [2.75, 3.05) is 23.7 Å². The summed E-state index contributed by atoms with van der Waals surface area (Å²) in [4.78, 5) is 1.94. The van der Waals surface area contributed by atoms with Gasteiger partial charge in [-0.3, -0.25) is 0 Å². The number of piperidine rings is 1. The molecule has 6 heteroatoms.